The summed E-state index contributed by atoms with van der Waals surface area (Å²) in [4.78, 5) is 28.6. The van der Waals surface area contributed by atoms with Crippen LogP contribution in [0, 0.1) is 0 Å². The highest BCUT2D eigenvalue weighted by Crippen LogP contribution is 2.28. The average Bonchev–Trinajstić information content (AvgIpc) is 2.84. The molecule has 1 aliphatic carbocycles. The maximum Gasteiger partial charge on any atom is 0.244 e. The van der Waals surface area contributed by atoms with Gasteiger partial charge < -0.3 is 10.2 Å². The lowest BCUT2D eigenvalue weighted by Gasteiger charge is -2.34. The van der Waals surface area contributed by atoms with Gasteiger partial charge in [0.1, 0.15) is 12.6 Å². The quantitative estimate of drug-likeness (QED) is 0.411. The molecular formula is C26H33BrClN3O4S. The van der Waals surface area contributed by atoms with Crippen molar-refractivity contribution >= 4 is 55.1 Å². The number of para-hydroxylation sites is 1. The minimum absolute atomic E-state index is 0.0860. The summed E-state index contributed by atoms with van der Waals surface area (Å²) in [5.41, 5.74) is 1.04. The van der Waals surface area contributed by atoms with Gasteiger partial charge in [-0.05, 0) is 59.0 Å². The standard InChI is InChI=1S/C26H33BrClN3O4S/c1-3-23(26(33)29-20-12-5-4-6-13-20)30(17-19-11-7-9-15-22(19)28)25(32)18-31(36(2,34)35)24-16-10-8-14-21(24)27/h7-11,14-16,20,23H,3-6,12-13,17-18H2,1-2H3,(H,29,33)/t23-/m0/s1. The first-order valence-corrected chi connectivity index (χ1v) is 15.2. The van der Waals surface area contributed by atoms with Gasteiger partial charge in [-0.15, -0.1) is 0 Å². The number of halogens is 2. The Morgan fingerprint density at radius 2 is 1.72 bits per heavy atom. The van der Waals surface area contributed by atoms with E-state index in [0.29, 0.717) is 27.2 Å². The van der Waals surface area contributed by atoms with Crippen LogP contribution in [0.25, 0.3) is 0 Å². The van der Waals surface area contributed by atoms with Crippen LogP contribution >= 0.6 is 27.5 Å². The second-order valence-electron chi connectivity index (χ2n) is 9.10. The molecule has 1 N–H and O–H groups in total. The highest BCUT2D eigenvalue weighted by molar-refractivity contribution is 9.10. The third kappa shape index (κ3) is 7.46. The van der Waals surface area contributed by atoms with Crippen LogP contribution in [0.15, 0.2) is 53.0 Å². The molecule has 2 amide bonds. The first-order valence-electron chi connectivity index (χ1n) is 12.2. The van der Waals surface area contributed by atoms with Crippen molar-refractivity contribution in [1.29, 1.82) is 0 Å². The monoisotopic (exact) mass is 597 g/mol. The third-order valence-corrected chi connectivity index (χ3v) is 8.60. The molecule has 7 nitrogen and oxygen atoms in total. The van der Waals surface area contributed by atoms with Crippen molar-refractivity contribution in [3.8, 4) is 0 Å². The molecule has 0 aromatic heterocycles. The predicted molar refractivity (Wildman–Crippen MR) is 147 cm³/mol. The predicted octanol–water partition coefficient (Wildman–Crippen LogP) is 5.12. The minimum atomic E-state index is -3.80. The summed E-state index contributed by atoms with van der Waals surface area (Å²) in [5.74, 6) is -0.710. The van der Waals surface area contributed by atoms with E-state index < -0.39 is 28.5 Å². The smallest absolute Gasteiger partial charge is 0.244 e. The molecule has 3 rings (SSSR count). The lowest BCUT2D eigenvalue weighted by atomic mass is 9.95. The zero-order valence-corrected chi connectivity index (χ0v) is 23.8. The minimum Gasteiger partial charge on any atom is -0.352 e. The second-order valence-corrected chi connectivity index (χ2v) is 12.3. The van der Waals surface area contributed by atoms with Crippen LogP contribution < -0.4 is 9.62 Å². The van der Waals surface area contributed by atoms with E-state index in [1.807, 2.05) is 13.0 Å². The van der Waals surface area contributed by atoms with Crippen LogP contribution in [-0.4, -0.2) is 50.0 Å². The van der Waals surface area contributed by atoms with Crippen LogP contribution in [0.2, 0.25) is 5.02 Å². The molecule has 2 aromatic rings. The summed E-state index contributed by atoms with van der Waals surface area (Å²) in [7, 11) is -3.80. The molecule has 1 aliphatic rings. The first-order chi connectivity index (χ1) is 17.1. The Hall–Kier alpha value is -2.10. The second kappa shape index (κ2) is 12.9. The number of carbonyl (C=O) groups excluding carboxylic acids is 2. The van der Waals surface area contributed by atoms with Gasteiger partial charge in [0.15, 0.2) is 0 Å². The molecule has 0 heterocycles. The number of sulfonamides is 1. The van der Waals surface area contributed by atoms with Gasteiger partial charge in [0, 0.05) is 22.1 Å². The molecule has 196 valence electrons. The van der Waals surface area contributed by atoms with Gasteiger partial charge in [-0.1, -0.05) is 68.1 Å². The molecule has 1 saturated carbocycles. The van der Waals surface area contributed by atoms with Crippen LogP contribution in [0.1, 0.15) is 51.0 Å². The van der Waals surface area contributed by atoms with E-state index in [9.17, 15) is 18.0 Å². The van der Waals surface area contributed by atoms with E-state index in [2.05, 4.69) is 21.2 Å². The molecule has 10 heteroatoms. The Morgan fingerprint density at radius 1 is 1.08 bits per heavy atom. The van der Waals surface area contributed by atoms with Crippen molar-refractivity contribution < 1.29 is 18.0 Å². The molecule has 36 heavy (non-hydrogen) atoms. The molecule has 0 aliphatic heterocycles. The number of nitrogens with one attached hydrogen (secondary N) is 1. The molecule has 0 unspecified atom stereocenters. The number of carbonyl (C=O) groups is 2. The molecule has 2 aromatic carbocycles. The zero-order valence-electron chi connectivity index (χ0n) is 20.6. The van der Waals surface area contributed by atoms with Crippen LogP contribution in [-0.2, 0) is 26.2 Å². The van der Waals surface area contributed by atoms with Crippen LogP contribution in [0.4, 0.5) is 5.69 Å². The van der Waals surface area contributed by atoms with Crippen molar-refractivity contribution in [1.82, 2.24) is 10.2 Å². The van der Waals surface area contributed by atoms with Gasteiger partial charge in [-0.2, -0.15) is 0 Å². The van der Waals surface area contributed by atoms with Gasteiger partial charge >= 0.3 is 0 Å². The van der Waals surface area contributed by atoms with Gasteiger partial charge in [0.25, 0.3) is 0 Å². The van der Waals surface area contributed by atoms with Crippen LogP contribution in [0.3, 0.4) is 0 Å². The highest BCUT2D eigenvalue weighted by atomic mass is 79.9. The van der Waals surface area contributed by atoms with E-state index in [1.54, 1.807) is 42.5 Å². The van der Waals surface area contributed by atoms with E-state index in [-0.39, 0.29) is 18.5 Å². The molecule has 0 bridgehead atoms. The number of hydrogen-bond donors (Lipinski definition) is 1. The van der Waals surface area contributed by atoms with Gasteiger partial charge in [-0.25, -0.2) is 8.42 Å². The first kappa shape index (κ1) is 28.5. The molecule has 0 saturated heterocycles. The van der Waals surface area contributed by atoms with E-state index in [4.69, 9.17) is 11.6 Å². The number of anilines is 1. The maximum atomic E-state index is 13.8. The normalized spacial score (nSPS) is 15.2. The number of rotatable bonds is 10. The summed E-state index contributed by atoms with van der Waals surface area (Å²) < 4.78 is 27.1. The molecule has 0 radical (unpaired) electrons. The Bertz CT molecular complexity index is 1170. The van der Waals surface area contributed by atoms with Crippen molar-refractivity contribution in [2.45, 2.75) is 64.1 Å². The Balaban J connectivity index is 1.93. The van der Waals surface area contributed by atoms with Crippen molar-refractivity contribution in [2.24, 2.45) is 0 Å². The summed E-state index contributed by atoms with van der Waals surface area (Å²) in [6, 6.07) is 13.3. The highest BCUT2D eigenvalue weighted by Gasteiger charge is 2.33. The fourth-order valence-corrected chi connectivity index (χ4v) is 6.20. The lowest BCUT2D eigenvalue weighted by Crippen LogP contribution is -2.54. The fourth-order valence-electron chi connectivity index (χ4n) is 4.52. The van der Waals surface area contributed by atoms with Gasteiger partial charge in [-0.3, -0.25) is 13.9 Å². The van der Waals surface area contributed by atoms with Crippen molar-refractivity contribution in [3.05, 3.63) is 63.6 Å². The molecule has 0 spiro atoms. The van der Waals surface area contributed by atoms with E-state index >= 15 is 0 Å². The Labute approximate surface area is 227 Å². The van der Waals surface area contributed by atoms with E-state index in [1.165, 1.54) is 4.90 Å². The largest absolute Gasteiger partial charge is 0.352 e. The summed E-state index contributed by atoms with van der Waals surface area (Å²) >= 11 is 9.79. The molecular weight excluding hydrogens is 566 g/mol. The number of benzene rings is 2. The lowest BCUT2D eigenvalue weighted by molar-refractivity contribution is -0.140. The molecule has 1 fully saturated rings. The van der Waals surface area contributed by atoms with Gasteiger partial charge in [0.05, 0.1) is 11.9 Å². The van der Waals surface area contributed by atoms with E-state index in [0.717, 1.165) is 42.7 Å². The summed E-state index contributed by atoms with van der Waals surface area (Å²) in [6.45, 7) is 1.49. The summed E-state index contributed by atoms with van der Waals surface area (Å²) in [5, 5.41) is 3.60. The number of hydrogen-bond acceptors (Lipinski definition) is 4. The number of nitrogens with zero attached hydrogens (tertiary/aromatic N) is 2. The Kier molecular flexibility index (Phi) is 10.2. The molecule has 1 atom stereocenters. The summed E-state index contributed by atoms with van der Waals surface area (Å²) in [6.07, 6.45) is 6.58. The van der Waals surface area contributed by atoms with Crippen molar-refractivity contribution in [2.75, 3.05) is 17.1 Å². The van der Waals surface area contributed by atoms with Crippen LogP contribution in [0.5, 0.6) is 0 Å². The maximum absolute atomic E-state index is 13.8. The Morgan fingerprint density at radius 3 is 2.33 bits per heavy atom. The van der Waals surface area contributed by atoms with Gasteiger partial charge in [0.2, 0.25) is 21.8 Å². The topological polar surface area (TPSA) is 86.8 Å². The van der Waals surface area contributed by atoms with Crippen molar-refractivity contribution in [3.63, 3.8) is 0 Å². The fraction of sp³-hybridized carbons (Fsp3) is 0.462. The third-order valence-electron chi connectivity index (χ3n) is 6.44. The number of amides is 2. The zero-order chi connectivity index (χ0) is 26.3. The SMILES string of the molecule is CC[C@@H](C(=O)NC1CCCCC1)N(Cc1ccccc1Cl)C(=O)CN(c1ccccc1Br)S(C)(=O)=O. The average molecular weight is 599 g/mol.